The highest BCUT2D eigenvalue weighted by Gasteiger charge is 2.24. The summed E-state index contributed by atoms with van der Waals surface area (Å²) in [4.78, 5) is 0. The van der Waals surface area contributed by atoms with Crippen molar-refractivity contribution >= 4 is 54.5 Å². The first kappa shape index (κ1) is 14.8. The van der Waals surface area contributed by atoms with E-state index in [4.69, 9.17) is 4.74 Å². The molecule has 0 amide bonds. The van der Waals surface area contributed by atoms with E-state index in [1.807, 2.05) is 24.3 Å². The van der Waals surface area contributed by atoms with Gasteiger partial charge in [0.1, 0.15) is 11.9 Å². The maximum atomic E-state index is 10.8. The zero-order valence-electron chi connectivity index (χ0n) is 10.4. The zero-order chi connectivity index (χ0) is 14.3. The van der Waals surface area contributed by atoms with Crippen LogP contribution in [0.1, 0.15) is 22.8 Å². The Labute approximate surface area is 147 Å². The fraction of sp³-hybridized carbons (Fsp3) is 0.200. The molecule has 1 heterocycles. The van der Waals surface area contributed by atoms with Crippen molar-refractivity contribution < 1.29 is 9.84 Å². The van der Waals surface area contributed by atoms with E-state index in [1.54, 1.807) is 0 Å². The minimum Gasteiger partial charge on any atom is -0.493 e. The summed E-state index contributed by atoms with van der Waals surface area (Å²) in [5.74, 6) is 0.825. The van der Waals surface area contributed by atoms with Crippen LogP contribution in [0.15, 0.2) is 39.3 Å². The molecule has 0 spiro atoms. The third kappa shape index (κ3) is 2.77. The SMILES string of the molecule is OC(c1cc(I)ccc1Br)c1cc(Br)cc2c1OCC2. The van der Waals surface area contributed by atoms with Crippen molar-refractivity contribution in [2.24, 2.45) is 0 Å². The number of aliphatic hydroxyl groups excluding tert-OH is 1. The lowest BCUT2D eigenvalue weighted by atomic mass is 9.98. The molecule has 1 aliphatic heterocycles. The molecule has 0 radical (unpaired) electrons. The number of fused-ring (bicyclic) bond motifs is 1. The Kier molecular flexibility index (Phi) is 4.40. The molecule has 1 N–H and O–H groups in total. The van der Waals surface area contributed by atoms with Crippen LogP contribution in [0, 0.1) is 3.57 Å². The summed E-state index contributed by atoms with van der Waals surface area (Å²) < 4.78 is 8.66. The van der Waals surface area contributed by atoms with Crippen LogP contribution < -0.4 is 4.74 Å². The summed E-state index contributed by atoms with van der Waals surface area (Å²) in [7, 11) is 0. The van der Waals surface area contributed by atoms with Crippen molar-refractivity contribution in [1.82, 2.24) is 0 Å². The number of halogens is 3. The van der Waals surface area contributed by atoms with Gasteiger partial charge in [0.15, 0.2) is 0 Å². The normalized spacial score (nSPS) is 14.8. The smallest absolute Gasteiger partial charge is 0.128 e. The summed E-state index contributed by atoms with van der Waals surface area (Å²) >= 11 is 9.27. The molecule has 2 nitrogen and oxygen atoms in total. The molecule has 0 fully saturated rings. The molecule has 104 valence electrons. The molecule has 1 aliphatic rings. The number of hydrogen-bond acceptors (Lipinski definition) is 2. The van der Waals surface area contributed by atoms with Gasteiger partial charge >= 0.3 is 0 Å². The van der Waals surface area contributed by atoms with Crippen molar-refractivity contribution in [3.05, 3.63) is 59.5 Å². The Morgan fingerprint density at radius 1 is 1.15 bits per heavy atom. The predicted octanol–water partition coefficient (Wildman–Crippen LogP) is 4.83. The van der Waals surface area contributed by atoms with Gasteiger partial charge in [0.25, 0.3) is 0 Å². The standard InChI is InChI=1S/C15H11Br2IO2/c16-9-5-8-3-4-20-15(8)12(6-9)14(19)11-7-10(18)1-2-13(11)17/h1-2,5-7,14,19H,3-4H2. The van der Waals surface area contributed by atoms with E-state index in [0.717, 1.165) is 41.4 Å². The Morgan fingerprint density at radius 3 is 2.75 bits per heavy atom. The first-order chi connectivity index (χ1) is 9.56. The second kappa shape index (κ2) is 5.94. The van der Waals surface area contributed by atoms with Crippen molar-refractivity contribution in [2.45, 2.75) is 12.5 Å². The lowest BCUT2D eigenvalue weighted by molar-refractivity contribution is 0.213. The maximum absolute atomic E-state index is 10.8. The van der Waals surface area contributed by atoms with Crippen molar-refractivity contribution in [3.8, 4) is 5.75 Å². The van der Waals surface area contributed by atoms with Crippen LogP contribution >= 0.6 is 54.5 Å². The number of hydrogen-bond donors (Lipinski definition) is 1. The van der Waals surface area contributed by atoms with Gasteiger partial charge in [0, 0.05) is 30.1 Å². The molecule has 3 rings (SSSR count). The van der Waals surface area contributed by atoms with E-state index in [9.17, 15) is 5.11 Å². The van der Waals surface area contributed by atoms with Gasteiger partial charge in [-0.05, 0) is 58.5 Å². The molecule has 0 saturated heterocycles. The second-order valence-corrected chi connectivity index (χ2v) is 7.67. The minimum atomic E-state index is -0.705. The van der Waals surface area contributed by atoms with Gasteiger partial charge in [-0.25, -0.2) is 0 Å². The van der Waals surface area contributed by atoms with E-state index in [0.29, 0.717) is 6.61 Å². The highest BCUT2D eigenvalue weighted by atomic mass is 127. The Balaban J connectivity index is 2.11. The molecule has 1 unspecified atom stereocenters. The third-order valence-electron chi connectivity index (χ3n) is 3.32. The number of benzene rings is 2. The Hall–Kier alpha value is -0.110. The number of aliphatic hydroxyl groups is 1. The topological polar surface area (TPSA) is 29.5 Å². The van der Waals surface area contributed by atoms with Crippen LogP contribution in [0.2, 0.25) is 0 Å². The third-order valence-corrected chi connectivity index (χ3v) is 5.18. The van der Waals surface area contributed by atoms with E-state index in [1.165, 1.54) is 0 Å². The molecule has 1 atom stereocenters. The van der Waals surface area contributed by atoms with Crippen LogP contribution in [0.4, 0.5) is 0 Å². The van der Waals surface area contributed by atoms with E-state index >= 15 is 0 Å². The summed E-state index contributed by atoms with van der Waals surface area (Å²) in [5.41, 5.74) is 2.82. The summed E-state index contributed by atoms with van der Waals surface area (Å²) in [6.45, 7) is 0.680. The second-order valence-electron chi connectivity index (χ2n) is 4.65. The van der Waals surface area contributed by atoms with Crippen molar-refractivity contribution in [1.29, 1.82) is 0 Å². The molecule has 0 bridgehead atoms. The average Bonchev–Trinajstić information content (AvgIpc) is 2.87. The molecule has 5 heteroatoms. The van der Waals surface area contributed by atoms with Crippen LogP contribution in [0.25, 0.3) is 0 Å². The van der Waals surface area contributed by atoms with Gasteiger partial charge in [-0.15, -0.1) is 0 Å². The largest absolute Gasteiger partial charge is 0.493 e. The van der Waals surface area contributed by atoms with Crippen LogP contribution in [-0.2, 0) is 6.42 Å². The fourth-order valence-electron chi connectivity index (χ4n) is 2.39. The Morgan fingerprint density at radius 2 is 1.95 bits per heavy atom. The monoisotopic (exact) mass is 508 g/mol. The highest BCUT2D eigenvalue weighted by molar-refractivity contribution is 14.1. The van der Waals surface area contributed by atoms with Gasteiger partial charge in [0.05, 0.1) is 6.61 Å². The van der Waals surface area contributed by atoms with E-state index in [2.05, 4.69) is 60.5 Å². The molecule has 0 saturated carbocycles. The molecule has 2 aromatic carbocycles. The number of rotatable bonds is 2. The Bertz CT molecular complexity index is 673. The molecular weight excluding hydrogens is 499 g/mol. The molecule has 0 aromatic heterocycles. The van der Waals surface area contributed by atoms with Gasteiger partial charge in [0.2, 0.25) is 0 Å². The van der Waals surface area contributed by atoms with Crippen LogP contribution in [0.3, 0.4) is 0 Å². The van der Waals surface area contributed by atoms with Gasteiger partial charge in [-0.2, -0.15) is 0 Å². The predicted molar refractivity (Wildman–Crippen MR) is 94.3 cm³/mol. The highest BCUT2D eigenvalue weighted by Crippen LogP contribution is 2.40. The van der Waals surface area contributed by atoms with Gasteiger partial charge in [-0.3, -0.25) is 0 Å². The number of ether oxygens (including phenoxy) is 1. The summed E-state index contributed by atoms with van der Waals surface area (Å²) in [5, 5.41) is 10.8. The van der Waals surface area contributed by atoms with Crippen molar-refractivity contribution in [2.75, 3.05) is 6.61 Å². The van der Waals surface area contributed by atoms with E-state index < -0.39 is 6.10 Å². The fourth-order valence-corrected chi connectivity index (χ4v) is 3.89. The maximum Gasteiger partial charge on any atom is 0.128 e. The molecule has 0 aliphatic carbocycles. The van der Waals surface area contributed by atoms with Gasteiger partial charge in [-0.1, -0.05) is 31.9 Å². The van der Waals surface area contributed by atoms with Crippen molar-refractivity contribution in [3.63, 3.8) is 0 Å². The van der Waals surface area contributed by atoms with Gasteiger partial charge < -0.3 is 9.84 Å². The minimum absolute atomic E-state index is 0.680. The first-order valence-corrected chi connectivity index (χ1v) is 8.81. The lowest BCUT2D eigenvalue weighted by Gasteiger charge is -2.17. The molecule has 2 aromatic rings. The molecule has 20 heavy (non-hydrogen) atoms. The zero-order valence-corrected chi connectivity index (χ0v) is 15.7. The first-order valence-electron chi connectivity index (χ1n) is 6.14. The van der Waals surface area contributed by atoms with Crippen LogP contribution in [0.5, 0.6) is 5.75 Å². The quantitative estimate of drug-likeness (QED) is 0.588. The lowest BCUT2D eigenvalue weighted by Crippen LogP contribution is -2.04. The van der Waals surface area contributed by atoms with Crippen LogP contribution in [-0.4, -0.2) is 11.7 Å². The summed E-state index contributed by atoms with van der Waals surface area (Å²) in [6, 6.07) is 9.93. The molecular formula is C15H11Br2IO2. The average molecular weight is 510 g/mol. The summed E-state index contributed by atoms with van der Waals surface area (Å²) in [6.07, 6.45) is 0.186. The van der Waals surface area contributed by atoms with E-state index in [-0.39, 0.29) is 0 Å².